The van der Waals surface area contributed by atoms with Gasteiger partial charge >= 0.3 is 0 Å². The molecule has 9 heteroatoms. The molecule has 6 nitrogen and oxygen atoms in total. The van der Waals surface area contributed by atoms with Crippen molar-refractivity contribution in [2.24, 2.45) is 0 Å². The average Bonchev–Trinajstić information content (AvgIpc) is 2.74. The van der Waals surface area contributed by atoms with Crippen LogP contribution in [0.25, 0.3) is 0 Å². The molecule has 0 fully saturated rings. The van der Waals surface area contributed by atoms with Gasteiger partial charge in [-0.25, -0.2) is 16.8 Å². The molecule has 0 saturated heterocycles. The summed E-state index contributed by atoms with van der Waals surface area (Å²) in [4.78, 5) is 0.793. The summed E-state index contributed by atoms with van der Waals surface area (Å²) < 4.78 is 54.7. The minimum Gasteiger partial charge on any atom is -0.279 e. The van der Waals surface area contributed by atoms with E-state index in [0.717, 1.165) is 16.4 Å². The molecule has 0 aliphatic heterocycles. The number of hydrogen-bond donors (Lipinski definition) is 1. The monoisotopic (exact) mass is 514 g/mol. The average molecular weight is 515 g/mol. The van der Waals surface area contributed by atoms with Gasteiger partial charge in [0.1, 0.15) is 0 Å². The predicted octanol–water partition coefficient (Wildman–Crippen LogP) is 5.75. The number of hydrogen-bond acceptors (Lipinski definition) is 6. The van der Waals surface area contributed by atoms with Gasteiger partial charge < -0.3 is 0 Å². The Morgan fingerprint density at radius 1 is 0.853 bits per heavy atom. The lowest BCUT2D eigenvalue weighted by atomic mass is 9.86. The first-order valence-electron chi connectivity index (χ1n) is 10.4. The molecule has 0 aromatic heterocycles. The van der Waals surface area contributed by atoms with Crippen molar-refractivity contribution in [3.05, 3.63) is 82.9 Å². The van der Waals surface area contributed by atoms with Crippen molar-refractivity contribution in [3.63, 3.8) is 0 Å². The van der Waals surface area contributed by atoms with Crippen LogP contribution in [0.5, 0.6) is 0 Å². The maximum atomic E-state index is 13.1. The van der Waals surface area contributed by atoms with Gasteiger partial charge in [-0.05, 0) is 78.9 Å². The molecule has 34 heavy (non-hydrogen) atoms. The van der Waals surface area contributed by atoms with Gasteiger partial charge in [-0.2, -0.15) is 5.26 Å². The molecule has 0 aliphatic rings. The minimum absolute atomic E-state index is 0.0311. The quantitative estimate of drug-likeness (QED) is 0.420. The number of rotatable bonds is 6. The second-order valence-corrected chi connectivity index (χ2v) is 14.5. The largest absolute Gasteiger partial charge is 0.279 e. The van der Waals surface area contributed by atoms with Crippen LogP contribution < -0.4 is 4.72 Å². The molecule has 0 aliphatic carbocycles. The van der Waals surface area contributed by atoms with E-state index in [1.165, 1.54) is 24.3 Å². The molecule has 0 saturated carbocycles. The highest BCUT2D eigenvalue weighted by atomic mass is 33.1. The molecule has 0 unspecified atom stereocenters. The summed E-state index contributed by atoms with van der Waals surface area (Å²) in [6.07, 6.45) is 0. The fourth-order valence-corrected chi connectivity index (χ4v) is 7.58. The molecule has 0 spiro atoms. The Bertz CT molecular complexity index is 1460. The SMILES string of the molecule is Cc1ccc(S(=O)(=O)Sc2cc(C)c(NS(=O)(=O)c3ccc(C#N)cc3)cc2C(C)(C)C)cc1. The van der Waals surface area contributed by atoms with E-state index in [4.69, 9.17) is 5.26 Å². The Morgan fingerprint density at radius 2 is 1.41 bits per heavy atom. The normalized spacial score (nSPS) is 12.2. The second-order valence-electron chi connectivity index (χ2n) is 9.01. The first-order valence-corrected chi connectivity index (χ1v) is 14.7. The number of aryl methyl sites for hydroxylation is 2. The van der Waals surface area contributed by atoms with E-state index in [-0.39, 0.29) is 9.79 Å². The Labute approximate surface area is 205 Å². The summed E-state index contributed by atoms with van der Waals surface area (Å²) in [6.45, 7) is 9.45. The molecule has 0 bridgehead atoms. The van der Waals surface area contributed by atoms with Gasteiger partial charge in [-0.15, -0.1) is 0 Å². The molecule has 3 aromatic carbocycles. The topological polar surface area (TPSA) is 104 Å². The Balaban J connectivity index is 2.02. The molecule has 3 aromatic rings. The van der Waals surface area contributed by atoms with Crippen LogP contribution in [0.2, 0.25) is 0 Å². The van der Waals surface area contributed by atoms with Gasteiger partial charge in [-0.3, -0.25) is 4.72 Å². The van der Waals surface area contributed by atoms with Crippen LogP contribution in [0.4, 0.5) is 5.69 Å². The lowest BCUT2D eigenvalue weighted by Crippen LogP contribution is -2.17. The van der Waals surface area contributed by atoms with Crippen molar-refractivity contribution in [2.75, 3.05) is 4.72 Å². The zero-order valence-electron chi connectivity index (χ0n) is 19.6. The Morgan fingerprint density at radius 3 is 1.94 bits per heavy atom. The first-order chi connectivity index (χ1) is 15.7. The van der Waals surface area contributed by atoms with E-state index in [0.29, 0.717) is 27.3 Å². The van der Waals surface area contributed by atoms with Gasteiger partial charge in [0.15, 0.2) is 0 Å². The molecule has 1 N–H and O–H groups in total. The maximum absolute atomic E-state index is 13.1. The third-order valence-electron chi connectivity index (χ3n) is 5.18. The summed E-state index contributed by atoms with van der Waals surface area (Å²) in [6, 6.07) is 17.7. The molecular formula is C25H26N2O4S3. The van der Waals surface area contributed by atoms with Crippen molar-refractivity contribution in [1.29, 1.82) is 5.26 Å². The Hall–Kier alpha value is -2.80. The number of nitrogens with one attached hydrogen (secondary N) is 1. The smallest absolute Gasteiger partial charge is 0.261 e. The van der Waals surface area contributed by atoms with Gasteiger partial charge in [0.05, 0.1) is 27.1 Å². The minimum atomic E-state index is -3.90. The molecular weight excluding hydrogens is 488 g/mol. The predicted molar refractivity (Wildman–Crippen MR) is 136 cm³/mol. The van der Waals surface area contributed by atoms with E-state index in [2.05, 4.69) is 4.72 Å². The van der Waals surface area contributed by atoms with E-state index >= 15 is 0 Å². The van der Waals surface area contributed by atoms with Crippen LogP contribution in [-0.4, -0.2) is 16.8 Å². The van der Waals surface area contributed by atoms with Gasteiger partial charge in [0.2, 0.25) is 8.87 Å². The van der Waals surface area contributed by atoms with Gasteiger partial charge in [0.25, 0.3) is 10.0 Å². The van der Waals surface area contributed by atoms with Crippen molar-refractivity contribution in [2.45, 2.75) is 54.7 Å². The van der Waals surface area contributed by atoms with Crippen LogP contribution >= 0.6 is 10.8 Å². The highest BCUT2D eigenvalue weighted by Gasteiger charge is 2.26. The molecule has 0 amide bonds. The van der Waals surface area contributed by atoms with Crippen LogP contribution in [0.1, 0.15) is 43.0 Å². The maximum Gasteiger partial charge on any atom is 0.261 e. The summed E-state index contributed by atoms with van der Waals surface area (Å²) in [5, 5.41) is 8.94. The number of sulfonamides is 1. The molecule has 0 atom stereocenters. The molecule has 0 heterocycles. The van der Waals surface area contributed by atoms with E-state index < -0.39 is 24.3 Å². The van der Waals surface area contributed by atoms with Crippen LogP contribution in [0.15, 0.2) is 75.4 Å². The third kappa shape index (κ3) is 5.81. The Kier molecular flexibility index (Phi) is 7.18. The van der Waals surface area contributed by atoms with E-state index in [1.807, 2.05) is 33.8 Å². The van der Waals surface area contributed by atoms with Crippen LogP contribution in [0.3, 0.4) is 0 Å². The summed E-state index contributed by atoms with van der Waals surface area (Å²) in [7, 11) is -6.81. The fraction of sp³-hybridized carbons (Fsp3) is 0.240. The summed E-state index contributed by atoms with van der Waals surface area (Å²) in [5.41, 5.74) is 2.54. The number of anilines is 1. The van der Waals surface area contributed by atoms with Crippen molar-refractivity contribution < 1.29 is 16.8 Å². The number of nitriles is 1. The molecule has 178 valence electrons. The fourth-order valence-electron chi connectivity index (χ4n) is 3.23. The van der Waals surface area contributed by atoms with Gasteiger partial charge in [-0.1, -0.05) is 38.5 Å². The molecule has 3 rings (SSSR count). The number of nitrogens with zero attached hydrogens (tertiary/aromatic N) is 1. The van der Waals surface area contributed by atoms with Crippen LogP contribution in [-0.2, 0) is 24.3 Å². The zero-order valence-corrected chi connectivity index (χ0v) is 22.0. The molecule has 0 radical (unpaired) electrons. The highest BCUT2D eigenvalue weighted by molar-refractivity contribution is 8.72. The standard InChI is InChI=1S/C25H26N2O4S3/c1-17-6-10-21(11-7-17)34(30,31)32-24-14-18(2)23(15-22(24)25(3,4)5)27-33(28,29)20-12-8-19(16-26)9-13-20/h6-15,27H,1-5H3. The van der Waals surface area contributed by atoms with E-state index in [9.17, 15) is 16.8 Å². The second kappa shape index (κ2) is 9.45. The van der Waals surface area contributed by atoms with Crippen molar-refractivity contribution >= 4 is 35.4 Å². The lowest BCUT2D eigenvalue weighted by molar-refractivity contribution is 0.577. The van der Waals surface area contributed by atoms with Crippen LogP contribution in [0, 0.1) is 25.2 Å². The summed E-state index contributed by atoms with van der Waals surface area (Å²) >= 11 is 0. The van der Waals surface area contributed by atoms with Gasteiger partial charge in [0, 0.05) is 15.7 Å². The third-order valence-corrected chi connectivity index (χ3v) is 9.92. The van der Waals surface area contributed by atoms with E-state index in [1.54, 1.807) is 43.3 Å². The first kappa shape index (κ1) is 25.8. The number of benzene rings is 3. The lowest BCUT2D eigenvalue weighted by Gasteiger charge is -2.25. The summed E-state index contributed by atoms with van der Waals surface area (Å²) in [5.74, 6) is 0. The highest BCUT2D eigenvalue weighted by Crippen LogP contribution is 2.41. The van der Waals surface area contributed by atoms with Crippen molar-refractivity contribution in [3.8, 4) is 6.07 Å². The zero-order chi connectivity index (χ0) is 25.3. The van der Waals surface area contributed by atoms with Crippen molar-refractivity contribution in [1.82, 2.24) is 0 Å².